The summed E-state index contributed by atoms with van der Waals surface area (Å²) in [7, 11) is 0. The molecular formula is C9HF18NO3. The summed E-state index contributed by atoms with van der Waals surface area (Å²) in [6, 6.07) is 0. The number of alkyl halides is 17. The van der Waals surface area contributed by atoms with Gasteiger partial charge in [-0.1, -0.05) is 0 Å². The van der Waals surface area contributed by atoms with Crippen LogP contribution in [-0.4, -0.2) is 54.3 Å². The molecule has 22 heteroatoms. The van der Waals surface area contributed by atoms with Gasteiger partial charge in [-0.15, -0.1) is 4.48 Å². The van der Waals surface area contributed by atoms with Gasteiger partial charge in [0.1, 0.15) is 0 Å². The van der Waals surface area contributed by atoms with E-state index < -0.39 is 59.8 Å². The topological polar surface area (TPSA) is 47.6 Å². The molecular weight excluding hydrogens is 512 g/mol. The molecule has 0 rings (SSSR count). The van der Waals surface area contributed by atoms with Crippen molar-refractivity contribution in [1.29, 1.82) is 0 Å². The second-order valence-corrected chi connectivity index (χ2v) is 4.92. The van der Waals surface area contributed by atoms with Gasteiger partial charge < -0.3 is 0 Å². The summed E-state index contributed by atoms with van der Waals surface area (Å²) in [6.07, 6.45) is -38.9. The molecule has 0 aliphatic rings. The highest BCUT2D eigenvalue weighted by molar-refractivity contribution is 5.83. The van der Waals surface area contributed by atoms with Crippen LogP contribution in [0.1, 0.15) is 0 Å². The molecule has 0 aromatic carbocycles. The summed E-state index contributed by atoms with van der Waals surface area (Å²) in [6.45, 7) is 0. The Kier molecular flexibility index (Phi) is 7.16. The molecule has 0 aliphatic carbocycles. The summed E-state index contributed by atoms with van der Waals surface area (Å²) in [5.74, 6) is -27.2. The largest absolute Gasteiger partial charge is 0.462 e. The van der Waals surface area contributed by atoms with Crippen molar-refractivity contribution >= 4 is 5.91 Å². The Labute approximate surface area is 155 Å². The molecule has 0 aromatic rings. The molecule has 0 saturated carbocycles. The molecule has 4 nitrogen and oxygen atoms in total. The molecule has 0 bridgehead atoms. The lowest BCUT2D eigenvalue weighted by Gasteiger charge is -2.39. The van der Waals surface area contributed by atoms with Crippen LogP contribution in [0.15, 0.2) is 0 Å². The Morgan fingerprint density at radius 3 is 1.19 bits per heavy atom. The van der Waals surface area contributed by atoms with Gasteiger partial charge in [-0.05, 0) is 0 Å². The number of amides is 1. The maximum Gasteiger partial charge on any atom is 0.462 e. The zero-order valence-corrected chi connectivity index (χ0v) is 13.0. The average Bonchev–Trinajstić information content (AvgIpc) is 2.49. The molecule has 2 unspecified atom stereocenters. The highest BCUT2D eigenvalue weighted by atomic mass is 19.4. The summed E-state index contributed by atoms with van der Waals surface area (Å²) in [5.41, 5.74) is -0.936. The predicted molar refractivity (Wildman–Crippen MR) is 52.1 cm³/mol. The average molecular weight is 513 g/mol. The van der Waals surface area contributed by atoms with Gasteiger partial charge in [0.25, 0.3) is 0 Å². The molecule has 186 valence electrons. The van der Waals surface area contributed by atoms with E-state index in [-0.39, 0.29) is 0 Å². The first-order chi connectivity index (χ1) is 13.1. The molecule has 0 aromatic heterocycles. The van der Waals surface area contributed by atoms with E-state index in [1.54, 1.807) is 0 Å². The summed E-state index contributed by atoms with van der Waals surface area (Å²) < 4.78 is 229. The number of carbonyl (C=O) groups excluding carboxylic acids is 1. The van der Waals surface area contributed by atoms with Crippen LogP contribution in [0.3, 0.4) is 0 Å². The fourth-order valence-corrected chi connectivity index (χ4v) is 1.22. The van der Waals surface area contributed by atoms with Crippen molar-refractivity contribution < 1.29 is 93.4 Å². The van der Waals surface area contributed by atoms with Gasteiger partial charge in [-0.3, -0.25) is 14.3 Å². The Morgan fingerprint density at radius 2 is 0.935 bits per heavy atom. The fraction of sp³-hybridized carbons (Fsp3) is 0.889. The van der Waals surface area contributed by atoms with E-state index in [2.05, 4.69) is 0 Å². The molecule has 0 spiro atoms. The van der Waals surface area contributed by atoms with Crippen LogP contribution in [0.2, 0.25) is 0 Å². The van der Waals surface area contributed by atoms with Gasteiger partial charge in [0.15, 0.2) is 0 Å². The number of ether oxygens (including phenoxy) is 2. The molecule has 1 amide bonds. The predicted octanol–water partition coefficient (Wildman–Crippen LogP) is 4.86. The van der Waals surface area contributed by atoms with Crippen LogP contribution in [0.5, 0.6) is 0 Å². The van der Waals surface area contributed by atoms with E-state index in [9.17, 15) is 83.9 Å². The number of hydrogen-bond acceptors (Lipinski definition) is 3. The third kappa shape index (κ3) is 4.82. The van der Waals surface area contributed by atoms with Crippen molar-refractivity contribution in [2.24, 2.45) is 0 Å². The number of nitrogens with one attached hydrogen (secondary N) is 1. The highest BCUT2D eigenvalue weighted by Crippen LogP contribution is 2.56. The standard InChI is InChI=1S/C9HF18NO3/c10-2(1(29)28-27,5(14,15)16)30-9(25,26)4(13,7(20,21)22)31-8(23,24)3(11,12)6(17,18)19/h(H,28,29). The van der Waals surface area contributed by atoms with Gasteiger partial charge >= 0.3 is 54.3 Å². The first-order valence-electron chi connectivity index (χ1n) is 6.17. The molecule has 0 radical (unpaired) electrons. The zero-order chi connectivity index (χ0) is 25.7. The first-order valence-corrected chi connectivity index (χ1v) is 6.17. The van der Waals surface area contributed by atoms with E-state index in [1.807, 2.05) is 0 Å². The van der Waals surface area contributed by atoms with E-state index in [0.717, 1.165) is 0 Å². The minimum Gasteiger partial charge on any atom is -0.265 e. The Bertz CT molecular complexity index is 666. The molecule has 0 saturated heterocycles. The summed E-state index contributed by atoms with van der Waals surface area (Å²) in [4.78, 5) is 10.4. The minimum atomic E-state index is -8.13. The van der Waals surface area contributed by atoms with Gasteiger partial charge in [0.05, 0.1) is 0 Å². The number of halogens is 18. The second-order valence-electron chi connectivity index (χ2n) is 4.92. The Morgan fingerprint density at radius 1 is 0.548 bits per heavy atom. The van der Waals surface area contributed by atoms with Crippen LogP contribution in [-0.2, 0) is 14.3 Å². The minimum absolute atomic E-state index is 0.936. The van der Waals surface area contributed by atoms with E-state index in [1.165, 1.54) is 9.47 Å². The molecule has 31 heavy (non-hydrogen) atoms. The van der Waals surface area contributed by atoms with Crippen LogP contribution in [0.25, 0.3) is 0 Å². The monoisotopic (exact) mass is 513 g/mol. The van der Waals surface area contributed by atoms with Crippen LogP contribution in [0, 0.1) is 0 Å². The van der Waals surface area contributed by atoms with Crippen LogP contribution < -0.4 is 5.54 Å². The summed E-state index contributed by atoms with van der Waals surface area (Å²) in [5, 5.41) is 0. The molecule has 0 fully saturated rings. The number of rotatable bonds is 7. The normalized spacial score (nSPS) is 18.9. The van der Waals surface area contributed by atoms with Crippen LogP contribution >= 0.6 is 0 Å². The van der Waals surface area contributed by atoms with Crippen molar-refractivity contribution in [3.63, 3.8) is 0 Å². The molecule has 0 heterocycles. The third-order valence-corrected chi connectivity index (χ3v) is 2.74. The van der Waals surface area contributed by atoms with E-state index in [0.29, 0.717) is 0 Å². The van der Waals surface area contributed by atoms with Crippen molar-refractivity contribution in [2.75, 3.05) is 0 Å². The van der Waals surface area contributed by atoms with Gasteiger partial charge in [0.2, 0.25) is 0 Å². The maximum absolute atomic E-state index is 13.6. The smallest absolute Gasteiger partial charge is 0.265 e. The van der Waals surface area contributed by atoms with Gasteiger partial charge in [0, 0.05) is 0 Å². The lowest BCUT2D eigenvalue weighted by atomic mass is 10.2. The fourth-order valence-electron chi connectivity index (χ4n) is 1.22. The highest BCUT2D eigenvalue weighted by Gasteiger charge is 2.85. The lowest BCUT2D eigenvalue weighted by Crippen LogP contribution is -2.68. The van der Waals surface area contributed by atoms with Crippen molar-refractivity contribution in [1.82, 2.24) is 5.54 Å². The number of hydrogen-bond donors (Lipinski definition) is 1. The van der Waals surface area contributed by atoms with E-state index >= 15 is 0 Å². The SMILES string of the molecule is O=C(NF)C(F)(OC(F)(F)C(F)(OC(F)(F)C(F)(F)C(F)(F)F)C(F)(F)F)C(F)(F)F. The third-order valence-electron chi connectivity index (χ3n) is 2.74. The maximum atomic E-state index is 13.6. The Balaban J connectivity index is 6.69. The van der Waals surface area contributed by atoms with E-state index in [4.69, 9.17) is 0 Å². The second kappa shape index (κ2) is 7.62. The molecule has 2 atom stereocenters. The number of carbonyl (C=O) groups is 1. The van der Waals surface area contributed by atoms with Gasteiger partial charge in [-0.2, -0.15) is 80.2 Å². The zero-order valence-electron chi connectivity index (χ0n) is 13.0. The Hall–Kier alpha value is -1.87. The van der Waals surface area contributed by atoms with Crippen molar-refractivity contribution in [2.45, 2.75) is 48.4 Å². The quantitative estimate of drug-likeness (QED) is 0.391. The first kappa shape index (κ1) is 29.1. The van der Waals surface area contributed by atoms with Gasteiger partial charge in [-0.25, -0.2) is 0 Å². The van der Waals surface area contributed by atoms with Crippen LogP contribution in [0.4, 0.5) is 79.1 Å². The van der Waals surface area contributed by atoms with Crippen molar-refractivity contribution in [3.8, 4) is 0 Å². The molecule has 1 N–H and O–H groups in total. The molecule has 0 aliphatic heterocycles. The van der Waals surface area contributed by atoms with Crippen molar-refractivity contribution in [3.05, 3.63) is 0 Å². The summed E-state index contributed by atoms with van der Waals surface area (Å²) >= 11 is 0. The lowest BCUT2D eigenvalue weighted by molar-refractivity contribution is -0.548.